The number of sulfonamides is 1. The lowest BCUT2D eigenvalue weighted by molar-refractivity contribution is -0.137. The van der Waals surface area contributed by atoms with Gasteiger partial charge in [0.1, 0.15) is 6.33 Å². The van der Waals surface area contributed by atoms with Gasteiger partial charge in [0.05, 0.1) is 16.8 Å². The summed E-state index contributed by atoms with van der Waals surface area (Å²) in [5, 5.41) is -0.685. The second-order valence-electron chi connectivity index (χ2n) is 6.03. The number of halogens is 4. The molecule has 2 heterocycles. The summed E-state index contributed by atoms with van der Waals surface area (Å²) in [5.41, 5.74) is 1.18. The van der Waals surface area contributed by atoms with Crippen LogP contribution in [0, 0.1) is 13.8 Å². The van der Waals surface area contributed by atoms with E-state index < -0.39 is 21.8 Å². The van der Waals surface area contributed by atoms with E-state index in [0.29, 0.717) is 18.0 Å². The van der Waals surface area contributed by atoms with Crippen molar-refractivity contribution >= 4 is 27.3 Å². The van der Waals surface area contributed by atoms with Crippen molar-refractivity contribution in [2.75, 3.05) is 4.72 Å². The molecule has 0 bridgehead atoms. The lowest BCUT2D eigenvalue weighted by Crippen LogP contribution is -2.17. The molecule has 28 heavy (non-hydrogen) atoms. The molecule has 2 aromatic heterocycles. The Hall–Kier alpha value is -2.59. The summed E-state index contributed by atoms with van der Waals surface area (Å²) in [5.74, 6) is -0.187. The van der Waals surface area contributed by atoms with Gasteiger partial charge in [0.25, 0.3) is 10.0 Å². The maximum absolute atomic E-state index is 12.8. The highest BCUT2D eigenvalue weighted by Crippen LogP contribution is 2.32. The third-order valence-corrected chi connectivity index (χ3v) is 5.65. The molecule has 0 aliphatic rings. The molecule has 1 N–H and O–H groups in total. The smallest absolute Gasteiger partial charge is 0.278 e. The highest BCUT2D eigenvalue weighted by molar-refractivity contribution is 7.92. The van der Waals surface area contributed by atoms with Crippen molar-refractivity contribution in [3.8, 4) is 5.82 Å². The van der Waals surface area contributed by atoms with Gasteiger partial charge in [-0.1, -0.05) is 17.7 Å². The number of aromatic nitrogens is 3. The second-order valence-corrected chi connectivity index (χ2v) is 8.07. The van der Waals surface area contributed by atoms with E-state index in [4.69, 9.17) is 11.6 Å². The minimum atomic E-state index is -4.62. The SMILES string of the molecule is Cc1ccc(NS(=O)(=O)c2cncn2-c2ncc(C(F)(F)F)cc2Cl)cc1C. The summed E-state index contributed by atoms with van der Waals surface area (Å²) >= 11 is 5.92. The number of pyridine rings is 1. The number of anilines is 1. The summed E-state index contributed by atoms with van der Waals surface area (Å²) in [6.45, 7) is 3.73. The largest absolute Gasteiger partial charge is 0.417 e. The van der Waals surface area contributed by atoms with Crippen LogP contribution < -0.4 is 4.72 Å². The molecule has 0 aliphatic carbocycles. The molecule has 148 valence electrons. The Labute approximate surface area is 164 Å². The summed E-state index contributed by atoms with van der Waals surface area (Å²) in [4.78, 5) is 7.45. The lowest BCUT2D eigenvalue weighted by Gasteiger charge is -2.13. The molecule has 3 rings (SSSR count). The quantitative estimate of drug-likeness (QED) is 0.667. The molecule has 11 heteroatoms. The van der Waals surface area contributed by atoms with Gasteiger partial charge in [-0.3, -0.25) is 9.29 Å². The van der Waals surface area contributed by atoms with Gasteiger partial charge < -0.3 is 0 Å². The minimum absolute atomic E-state index is 0.187. The third-order valence-electron chi connectivity index (χ3n) is 4.02. The molecular formula is C17H14ClF3N4O2S. The number of alkyl halides is 3. The Balaban J connectivity index is 2.00. The molecule has 6 nitrogen and oxygen atoms in total. The van der Waals surface area contributed by atoms with Crippen LogP contribution in [0.4, 0.5) is 18.9 Å². The first kappa shape index (κ1) is 20.2. The molecule has 0 atom stereocenters. The molecule has 1 aromatic carbocycles. The van der Waals surface area contributed by atoms with Crippen LogP contribution in [0.1, 0.15) is 16.7 Å². The van der Waals surface area contributed by atoms with Gasteiger partial charge in [-0.2, -0.15) is 21.6 Å². The fraction of sp³-hybridized carbons (Fsp3) is 0.176. The van der Waals surface area contributed by atoms with Crippen LogP contribution in [-0.4, -0.2) is 23.0 Å². The van der Waals surface area contributed by atoms with Crippen molar-refractivity contribution in [2.45, 2.75) is 25.0 Å². The van der Waals surface area contributed by atoms with Crippen LogP contribution in [-0.2, 0) is 16.2 Å². The Morgan fingerprint density at radius 3 is 2.43 bits per heavy atom. The van der Waals surface area contributed by atoms with E-state index in [-0.39, 0.29) is 15.9 Å². The van der Waals surface area contributed by atoms with Crippen molar-refractivity contribution in [2.24, 2.45) is 0 Å². The first-order valence-corrected chi connectivity index (χ1v) is 9.70. The summed E-state index contributed by atoms with van der Waals surface area (Å²) in [7, 11) is -4.10. The van der Waals surface area contributed by atoms with E-state index in [1.165, 1.54) is 0 Å². The molecular weight excluding hydrogens is 417 g/mol. The second kappa shape index (κ2) is 7.10. The van der Waals surface area contributed by atoms with Crippen molar-refractivity contribution in [3.05, 3.63) is 64.7 Å². The van der Waals surface area contributed by atoms with Crippen molar-refractivity contribution < 1.29 is 21.6 Å². The first-order valence-electron chi connectivity index (χ1n) is 7.84. The standard InChI is InChI=1S/C17H14ClF3N4O2S/c1-10-3-4-13(5-11(10)2)24-28(26,27)15-8-22-9-25(15)16-14(18)6-12(7-23-16)17(19,20)21/h3-9,24H,1-2H3. The molecule has 0 aliphatic heterocycles. The van der Waals surface area contributed by atoms with Crippen LogP contribution in [0.3, 0.4) is 0 Å². The molecule has 0 unspecified atom stereocenters. The number of imidazole rings is 1. The molecule has 0 saturated heterocycles. The molecule has 0 saturated carbocycles. The Bertz CT molecular complexity index is 1140. The number of benzene rings is 1. The van der Waals surface area contributed by atoms with Crippen LogP contribution in [0.2, 0.25) is 5.02 Å². The van der Waals surface area contributed by atoms with E-state index in [1.807, 2.05) is 13.8 Å². The van der Waals surface area contributed by atoms with Crippen molar-refractivity contribution in [1.82, 2.24) is 14.5 Å². The van der Waals surface area contributed by atoms with Gasteiger partial charge >= 0.3 is 6.18 Å². The monoisotopic (exact) mass is 430 g/mol. The highest BCUT2D eigenvalue weighted by Gasteiger charge is 2.32. The predicted octanol–water partition coefficient (Wildman–Crippen LogP) is 4.36. The first-order chi connectivity index (χ1) is 13.0. The fourth-order valence-corrected chi connectivity index (χ4v) is 3.81. The van der Waals surface area contributed by atoms with Crippen LogP contribution in [0.25, 0.3) is 5.82 Å². The summed E-state index contributed by atoms with van der Waals surface area (Å²) < 4.78 is 67.3. The highest BCUT2D eigenvalue weighted by atomic mass is 35.5. The normalized spacial score (nSPS) is 12.2. The zero-order chi connectivity index (χ0) is 20.7. The van der Waals surface area contributed by atoms with Crippen LogP contribution in [0.15, 0.2) is 48.0 Å². The van der Waals surface area contributed by atoms with Gasteiger partial charge in [0.2, 0.25) is 0 Å². The molecule has 0 radical (unpaired) electrons. The van der Waals surface area contributed by atoms with E-state index in [9.17, 15) is 21.6 Å². The Morgan fingerprint density at radius 2 is 1.82 bits per heavy atom. The average Bonchev–Trinajstić information content (AvgIpc) is 3.07. The molecule has 0 spiro atoms. The Morgan fingerprint density at radius 1 is 1.11 bits per heavy atom. The van der Waals surface area contributed by atoms with Crippen molar-refractivity contribution in [3.63, 3.8) is 0 Å². The van der Waals surface area contributed by atoms with Gasteiger partial charge in [-0.25, -0.2) is 9.97 Å². The van der Waals surface area contributed by atoms with Gasteiger partial charge in [0.15, 0.2) is 10.8 Å². The predicted molar refractivity (Wildman–Crippen MR) is 98.1 cm³/mol. The third kappa shape index (κ3) is 3.97. The lowest BCUT2D eigenvalue weighted by atomic mass is 10.1. The summed E-state index contributed by atoms with van der Waals surface area (Å²) in [6, 6.07) is 5.71. The number of nitrogens with one attached hydrogen (secondary N) is 1. The summed E-state index contributed by atoms with van der Waals surface area (Å²) in [6.07, 6.45) is -1.88. The maximum atomic E-state index is 12.8. The average molecular weight is 431 g/mol. The van der Waals surface area contributed by atoms with Gasteiger partial charge in [-0.05, 0) is 43.2 Å². The zero-order valence-electron chi connectivity index (χ0n) is 14.6. The fourth-order valence-electron chi connectivity index (χ4n) is 2.42. The minimum Gasteiger partial charge on any atom is -0.278 e. The van der Waals surface area contributed by atoms with E-state index in [2.05, 4.69) is 14.7 Å². The molecule has 3 aromatic rings. The van der Waals surface area contributed by atoms with E-state index >= 15 is 0 Å². The number of nitrogens with zero attached hydrogens (tertiary/aromatic N) is 3. The van der Waals surface area contributed by atoms with Crippen LogP contribution >= 0.6 is 11.6 Å². The molecule has 0 fully saturated rings. The van der Waals surface area contributed by atoms with Gasteiger partial charge in [0, 0.05) is 11.9 Å². The maximum Gasteiger partial charge on any atom is 0.417 e. The molecule has 0 amide bonds. The number of aryl methyl sites for hydroxylation is 2. The number of rotatable bonds is 4. The Kier molecular flexibility index (Phi) is 5.11. The van der Waals surface area contributed by atoms with Crippen molar-refractivity contribution in [1.29, 1.82) is 0 Å². The number of hydrogen-bond donors (Lipinski definition) is 1. The van der Waals surface area contributed by atoms with Gasteiger partial charge in [-0.15, -0.1) is 0 Å². The number of hydrogen-bond acceptors (Lipinski definition) is 4. The van der Waals surface area contributed by atoms with E-state index in [1.54, 1.807) is 18.2 Å². The van der Waals surface area contributed by atoms with Crippen LogP contribution in [0.5, 0.6) is 0 Å². The van der Waals surface area contributed by atoms with E-state index in [0.717, 1.165) is 28.2 Å². The zero-order valence-corrected chi connectivity index (χ0v) is 16.2. The topological polar surface area (TPSA) is 76.9 Å².